The quantitative estimate of drug-likeness (QED) is 0.820. The topological polar surface area (TPSA) is 51.0 Å². The summed E-state index contributed by atoms with van der Waals surface area (Å²) in [7, 11) is 0. The van der Waals surface area contributed by atoms with Gasteiger partial charge in [-0.3, -0.25) is 9.78 Å². The van der Waals surface area contributed by atoms with Crippen molar-refractivity contribution in [2.24, 2.45) is 0 Å². The van der Waals surface area contributed by atoms with E-state index in [-0.39, 0.29) is 5.91 Å². The van der Waals surface area contributed by atoms with Gasteiger partial charge in [0.05, 0.1) is 0 Å². The van der Waals surface area contributed by atoms with E-state index in [0.717, 1.165) is 50.2 Å². The van der Waals surface area contributed by atoms with Gasteiger partial charge in [0, 0.05) is 43.3 Å². The lowest BCUT2D eigenvalue weighted by atomic mass is 10.0. The van der Waals surface area contributed by atoms with Crippen molar-refractivity contribution in [3.8, 4) is 0 Å². The molecule has 0 unspecified atom stereocenters. The highest BCUT2D eigenvalue weighted by Gasteiger charge is 2.28. The Hall–Kier alpha value is -2.17. The fourth-order valence-corrected chi connectivity index (χ4v) is 3.59. The Balaban J connectivity index is 1.59. The molecule has 3 heterocycles. The number of rotatable bonds is 6. The third-order valence-corrected chi connectivity index (χ3v) is 4.85. The van der Waals surface area contributed by atoms with Gasteiger partial charge in [-0.2, -0.15) is 0 Å². The second kappa shape index (κ2) is 7.60. The molecule has 24 heavy (non-hydrogen) atoms. The zero-order chi connectivity index (χ0) is 16.9. The SMILES string of the molecule is CCc1nccn1CC(=O)N1CCC[C@H]1CCc1ccnc(C)c1. The third kappa shape index (κ3) is 3.83. The summed E-state index contributed by atoms with van der Waals surface area (Å²) in [4.78, 5) is 23.4. The van der Waals surface area contributed by atoms with Gasteiger partial charge in [-0.25, -0.2) is 4.98 Å². The largest absolute Gasteiger partial charge is 0.338 e. The minimum Gasteiger partial charge on any atom is -0.338 e. The molecule has 1 amide bonds. The number of nitrogens with zero attached hydrogens (tertiary/aromatic N) is 4. The first-order valence-electron chi connectivity index (χ1n) is 8.88. The Kier molecular flexibility index (Phi) is 5.28. The van der Waals surface area contributed by atoms with Gasteiger partial charge in [0.2, 0.25) is 5.91 Å². The number of aromatic nitrogens is 3. The van der Waals surface area contributed by atoms with Crippen molar-refractivity contribution in [1.82, 2.24) is 19.4 Å². The molecule has 1 atom stereocenters. The van der Waals surface area contributed by atoms with E-state index in [0.29, 0.717) is 12.6 Å². The smallest absolute Gasteiger partial charge is 0.242 e. The van der Waals surface area contributed by atoms with Crippen molar-refractivity contribution < 1.29 is 4.79 Å². The van der Waals surface area contributed by atoms with Crippen LogP contribution in [-0.2, 0) is 24.2 Å². The zero-order valence-corrected chi connectivity index (χ0v) is 14.6. The molecule has 1 fully saturated rings. The lowest BCUT2D eigenvalue weighted by Gasteiger charge is -2.25. The van der Waals surface area contributed by atoms with Crippen LogP contribution >= 0.6 is 0 Å². The van der Waals surface area contributed by atoms with E-state index >= 15 is 0 Å². The second-order valence-corrected chi connectivity index (χ2v) is 6.55. The summed E-state index contributed by atoms with van der Waals surface area (Å²) >= 11 is 0. The molecule has 5 heteroatoms. The van der Waals surface area contributed by atoms with E-state index < -0.39 is 0 Å². The van der Waals surface area contributed by atoms with Crippen molar-refractivity contribution in [3.05, 3.63) is 47.8 Å². The van der Waals surface area contributed by atoms with Crippen molar-refractivity contribution in [2.45, 2.75) is 58.5 Å². The molecular formula is C19H26N4O. The first-order valence-corrected chi connectivity index (χ1v) is 8.88. The van der Waals surface area contributed by atoms with Crippen LogP contribution in [0.15, 0.2) is 30.7 Å². The molecule has 1 saturated heterocycles. The molecule has 0 radical (unpaired) electrons. The van der Waals surface area contributed by atoms with Crippen LogP contribution in [0.4, 0.5) is 0 Å². The highest BCUT2D eigenvalue weighted by Crippen LogP contribution is 2.22. The predicted octanol–water partition coefficient (Wildman–Crippen LogP) is 2.77. The normalized spacial score (nSPS) is 17.4. The first kappa shape index (κ1) is 16.7. The van der Waals surface area contributed by atoms with Crippen LogP contribution in [0, 0.1) is 6.92 Å². The average Bonchev–Trinajstić information content (AvgIpc) is 3.21. The van der Waals surface area contributed by atoms with E-state index in [1.807, 2.05) is 23.9 Å². The van der Waals surface area contributed by atoms with Crippen LogP contribution in [0.25, 0.3) is 0 Å². The summed E-state index contributed by atoms with van der Waals surface area (Å²) in [5, 5.41) is 0. The minimum atomic E-state index is 0.219. The Morgan fingerprint density at radius 2 is 2.21 bits per heavy atom. The fourth-order valence-electron chi connectivity index (χ4n) is 3.59. The summed E-state index contributed by atoms with van der Waals surface area (Å²) in [5.41, 5.74) is 2.36. The number of imidazole rings is 1. The van der Waals surface area contributed by atoms with Crippen LogP contribution in [0.2, 0.25) is 0 Å². The Morgan fingerprint density at radius 3 is 3.00 bits per heavy atom. The number of likely N-dealkylation sites (tertiary alicyclic amines) is 1. The molecule has 2 aromatic heterocycles. The van der Waals surface area contributed by atoms with E-state index in [1.165, 1.54) is 5.56 Å². The molecule has 0 N–H and O–H groups in total. The monoisotopic (exact) mass is 326 g/mol. The van der Waals surface area contributed by atoms with Gasteiger partial charge < -0.3 is 9.47 Å². The van der Waals surface area contributed by atoms with Crippen molar-refractivity contribution in [1.29, 1.82) is 0 Å². The van der Waals surface area contributed by atoms with Gasteiger partial charge in [-0.1, -0.05) is 6.92 Å². The molecule has 128 valence electrons. The van der Waals surface area contributed by atoms with Gasteiger partial charge in [0.25, 0.3) is 0 Å². The van der Waals surface area contributed by atoms with Gasteiger partial charge in [0.15, 0.2) is 0 Å². The van der Waals surface area contributed by atoms with Gasteiger partial charge in [-0.05, 0) is 50.3 Å². The van der Waals surface area contributed by atoms with E-state index in [4.69, 9.17) is 0 Å². The predicted molar refractivity (Wildman–Crippen MR) is 93.6 cm³/mol. The highest BCUT2D eigenvalue weighted by molar-refractivity contribution is 5.76. The Labute approximate surface area is 143 Å². The van der Waals surface area contributed by atoms with Crippen molar-refractivity contribution in [2.75, 3.05) is 6.54 Å². The maximum atomic E-state index is 12.7. The molecular weight excluding hydrogens is 300 g/mol. The molecule has 5 nitrogen and oxygen atoms in total. The Bertz CT molecular complexity index is 694. The molecule has 2 aromatic rings. The second-order valence-electron chi connectivity index (χ2n) is 6.55. The van der Waals surface area contributed by atoms with Crippen LogP contribution in [0.5, 0.6) is 0 Å². The molecule has 0 saturated carbocycles. The number of hydrogen-bond donors (Lipinski definition) is 0. The van der Waals surface area contributed by atoms with Crippen LogP contribution in [-0.4, -0.2) is 37.9 Å². The molecule has 0 aliphatic carbocycles. The number of pyridine rings is 1. The minimum absolute atomic E-state index is 0.219. The summed E-state index contributed by atoms with van der Waals surface area (Å²) in [6, 6.07) is 4.58. The molecule has 0 spiro atoms. The maximum Gasteiger partial charge on any atom is 0.242 e. The highest BCUT2D eigenvalue weighted by atomic mass is 16.2. The average molecular weight is 326 g/mol. The van der Waals surface area contributed by atoms with E-state index in [2.05, 4.69) is 33.9 Å². The summed E-state index contributed by atoms with van der Waals surface area (Å²) in [6.07, 6.45) is 10.7. The van der Waals surface area contributed by atoms with Crippen LogP contribution < -0.4 is 0 Å². The van der Waals surface area contributed by atoms with Gasteiger partial charge in [0.1, 0.15) is 12.4 Å². The van der Waals surface area contributed by atoms with Crippen LogP contribution in [0.3, 0.4) is 0 Å². The third-order valence-electron chi connectivity index (χ3n) is 4.85. The Morgan fingerprint density at radius 1 is 1.33 bits per heavy atom. The molecule has 1 aliphatic heterocycles. The lowest BCUT2D eigenvalue weighted by molar-refractivity contribution is -0.132. The molecule has 0 aromatic carbocycles. The van der Waals surface area contributed by atoms with Crippen molar-refractivity contribution in [3.63, 3.8) is 0 Å². The van der Waals surface area contributed by atoms with E-state index in [9.17, 15) is 4.79 Å². The maximum absolute atomic E-state index is 12.7. The first-order chi connectivity index (χ1) is 11.7. The molecule has 1 aliphatic rings. The van der Waals surface area contributed by atoms with Gasteiger partial charge in [-0.15, -0.1) is 0 Å². The number of carbonyl (C=O) groups is 1. The molecule has 3 rings (SSSR count). The summed E-state index contributed by atoms with van der Waals surface area (Å²) < 4.78 is 1.98. The number of amides is 1. The lowest BCUT2D eigenvalue weighted by Crippen LogP contribution is -2.38. The molecule has 0 bridgehead atoms. The summed E-state index contributed by atoms with van der Waals surface area (Å²) in [5.74, 6) is 1.20. The number of aryl methyl sites for hydroxylation is 3. The number of carbonyl (C=O) groups excluding carboxylic acids is 1. The van der Waals surface area contributed by atoms with Gasteiger partial charge >= 0.3 is 0 Å². The standard InChI is InChI=1S/C19H26N4O/c1-3-18-21-10-12-22(18)14-19(24)23-11-4-5-17(23)7-6-16-8-9-20-15(2)13-16/h8-10,12-13,17H,3-7,11,14H2,1-2H3/t17-/m0/s1. The van der Waals surface area contributed by atoms with Crippen molar-refractivity contribution >= 4 is 5.91 Å². The summed E-state index contributed by atoms with van der Waals surface area (Å²) in [6.45, 7) is 5.38. The zero-order valence-electron chi connectivity index (χ0n) is 14.6. The fraction of sp³-hybridized carbons (Fsp3) is 0.526. The number of hydrogen-bond acceptors (Lipinski definition) is 3. The van der Waals surface area contributed by atoms with Crippen LogP contribution in [0.1, 0.15) is 43.3 Å². The van der Waals surface area contributed by atoms with E-state index in [1.54, 1.807) is 6.20 Å².